The van der Waals surface area contributed by atoms with Gasteiger partial charge in [0.15, 0.2) is 5.96 Å². The molecular formula is C20H28ClIN6O2. The summed E-state index contributed by atoms with van der Waals surface area (Å²) in [7, 11) is 3.41. The number of hydrogen-bond acceptors (Lipinski definition) is 6. The number of rotatable bonds is 8. The minimum atomic E-state index is 0. The molecule has 0 saturated carbocycles. The molecule has 0 bridgehead atoms. The van der Waals surface area contributed by atoms with Gasteiger partial charge in [0.05, 0.1) is 11.6 Å². The molecule has 0 radical (unpaired) electrons. The zero-order chi connectivity index (χ0) is 20.5. The Balaban J connectivity index is 0.00000320. The van der Waals surface area contributed by atoms with Gasteiger partial charge in [0.2, 0.25) is 5.88 Å². The average Bonchev–Trinajstić information content (AvgIpc) is 3.20. The summed E-state index contributed by atoms with van der Waals surface area (Å²) in [4.78, 5) is 15.2. The molecule has 2 aromatic rings. The molecule has 8 nitrogen and oxygen atoms in total. The van der Waals surface area contributed by atoms with Crippen LogP contribution < -0.4 is 20.3 Å². The monoisotopic (exact) mass is 546 g/mol. The van der Waals surface area contributed by atoms with Gasteiger partial charge in [-0.3, -0.25) is 4.99 Å². The maximum absolute atomic E-state index is 6.28. The minimum Gasteiger partial charge on any atom is -0.475 e. The number of ether oxygens (including phenoxy) is 2. The van der Waals surface area contributed by atoms with E-state index in [9.17, 15) is 0 Å². The number of nitrogens with one attached hydrogen (secondary N) is 2. The van der Waals surface area contributed by atoms with Crippen molar-refractivity contribution in [3.05, 3.63) is 47.2 Å². The molecule has 0 aromatic carbocycles. The van der Waals surface area contributed by atoms with Crippen LogP contribution in [0, 0.1) is 0 Å². The van der Waals surface area contributed by atoms with E-state index in [0.717, 1.165) is 36.9 Å². The lowest BCUT2D eigenvalue weighted by Crippen LogP contribution is -2.44. The van der Waals surface area contributed by atoms with E-state index >= 15 is 0 Å². The Bertz CT molecular complexity index is 825. The number of methoxy groups -OCH3 is 1. The van der Waals surface area contributed by atoms with Gasteiger partial charge in [0, 0.05) is 57.8 Å². The molecule has 1 aliphatic rings. The van der Waals surface area contributed by atoms with Crippen LogP contribution in [0.5, 0.6) is 5.88 Å². The smallest absolute Gasteiger partial charge is 0.218 e. The fourth-order valence-electron chi connectivity index (χ4n) is 3.16. The molecule has 30 heavy (non-hydrogen) atoms. The molecule has 1 fully saturated rings. The first kappa shape index (κ1) is 24.4. The highest BCUT2D eigenvalue weighted by molar-refractivity contribution is 14.0. The molecule has 2 aromatic heterocycles. The highest BCUT2D eigenvalue weighted by Gasteiger charge is 2.25. The number of halogens is 2. The maximum atomic E-state index is 6.28. The number of anilines is 1. The predicted octanol–water partition coefficient (Wildman–Crippen LogP) is 2.72. The molecule has 0 amide bonds. The van der Waals surface area contributed by atoms with Crippen LogP contribution >= 0.6 is 35.6 Å². The third-order valence-corrected chi connectivity index (χ3v) is 4.91. The van der Waals surface area contributed by atoms with Crippen LogP contribution in [0.3, 0.4) is 0 Å². The summed E-state index contributed by atoms with van der Waals surface area (Å²) in [5, 5.41) is 7.48. The number of pyridine rings is 2. The normalized spacial score (nSPS) is 16.2. The van der Waals surface area contributed by atoms with Gasteiger partial charge in [-0.25, -0.2) is 9.97 Å². The SMILES string of the molecule is CN=C(NCc1cccnc1OCCOC)NC1CCN(c2ncccc2Cl)C1.I. The number of hydrogen-bond donors (Lipinski definition) is 2. The lowest BCUT2D eigenvalue weighted by Gasteiger charge is -2.20. The minimum absolute atomic E-state index is 0. The molecule has 0 spiro atoms. The average molecular weight is 547 g/mol. The quantitative estimate of drug-likeness (QED) is 0.228. The second-order valence-corrected chi connectivity index (χ2v) is 7.03. The lowest BCUT2D eigenvalue weighted by atomic mass is 10.2. The number of nitrogens with zero attached hydrogens (tertiary/aromatic N) is 4. The van der Waals surface area contributed by atoms with Gasteiger partial charge >= 0.3 is 0 Å². The van der Waals surface area contributed by atoms with Crippen molar-refractivity contribution in [1.29, 1.82) is 0 Å². The first-order valence-electron chi connectivity index (χ1n) is 9.59. The Kier molecular flexibility index (Phi) is 10.4. The van der Waals surface area contributed by atoms with E-state index < -0.39 is 0 Å². The molecule has 0 aliphatic carbocycles. The van der Waals surface area contributed by atoms with Crippen molar-refractivity contribution in [3.8, 4) is 5.88 Å². The summed E-state index contributed by atoms with van der Waals surface area (Å²) in [6.45, 7) is 3.24. The van der Waals surface area contributed by atoms with Crippen molar-refractivity contribution in [2.75, 3.05) is 45.4 Å². The van der Waals surface area contributed by atoms with E-state index in [0.29, 0.717) is 30.7 Å². The molecule has 1 saturated heterocycles. The lowest BCUT2D eigenvalue weighted by molar-refractivity contribution is 0.143. The van der Waals surface area contributed by atoms with Crippen LogP contribution in [-0.2, 0) is 11.3 Å². The molecule has 10 heteroatoms. The highest BCUT2D eigenvalue weighted by atomic mass is 127. The highest BCUT2D eigenvalue weighted by Crippen LogP contribution is 2.25. The fourth-order valence-corrected chi connectivity index (χ4v) is 3.40. The Morgan fingerprint density at radius 1 is 1.27 bits per heavy atom. The van der Waals surface area contributed by atoms with Crippen LogP contribution in [0.25, 0.3) is 0 Å². The van der Waals surface area contributed by atoms with Crippen LogP contribution in [0.15, 0.2) is 41.7 Å². The summed E-state index contributed by atoms with van der Waals surface area (Å²) >= 11 is 6.28. The van der Waals surface area contributed by atoms with E-state index in [1.165, 1.54) is 0 Å². The van der Waals surface area contributed by atoms with Gasteiger partial charge < -0.3 is 25.0 Å². The number of aliphatic imine (C=N–C) groups is 1. The Labute approximate surface area is 199 Å². The van der Waals surface area contributed by atoms with Crippen molar-refractivity contribution in [2.24, 2.45) is 4.99 Å². The molecule has 3 heterocycles. The molecule has 1 unspecified atom stereocenters. The summed E-state index contributed by atoms with van der Waals surface area (Å²) in [6, 6.07) is 7.84. The Morgan fingerprint density at radius 2 is 2.07 bits per heavy atom. The third kappa shape index (κ3) is 6.85. The molecule has 164 valence electrons. The second-order valence-electron chi connectivity index (χ2n) is 6.62. The van der Waals surface area contributed by atoms with Gasteiger partial charge in [0.1, 0.15) is 12.4 Å². The van der Waals surface area contributed by atoms with E-state index in [4.69, 9.17) is 21.1 Å². The third-order valence-electron chi connectivity index (χ3n) is 4.61. The maximum Gasteiger partial charge on any atom is 0.218 e. The van der Waals surface area contributed by atoms with Gasteiger partial charge in [-0.05, 0) is 24.6 Å². The van der Waals surface area contributed by atoms with Crippen molar-refractivity contribution in [2.45, 2.75) is 19.0 Å². The van der Waals surface area contributed by atoms with Gasteiger partial charge in [-0.1, -0.05) is 17.7 Å². The zero-order valence-electron chi connectivity index (χ0n) is 17.2. The Hall–Kier alpha value is -1.85. The first-order chi connectivity index (χ1) is 14.2. The summed E-state index contributed by atoms with van der Waals surface area (Å²) in [5.74, 6) is 2.16. The molecule has 2 N–H and O–H groups in total. The van der Waals surface area contributed by atoms with Gasteiger partial charge in [0.25, 0.3) is 0 Å². The molecular weight excluding hydrogens is 519 g/mol. The van der Waals surface area contributed by atoms with E-state index in [1.807, 2.05) is 24.3 Å². The van der Waals surface area contributed by atoms with E-state index in [-0.39, 0.29) is 30.0 Å². The Morgan fingerprint density at radius 3 is 2.83 bits per heavy atom. The van der Waals surface area contributed by atoms with Crippen molar-refractivity contribution in [1.82, 2.24) is 20.6 Å². The van der Waals surface area contributed by atoms with Crippen LogP contribution in [0.1, 0.15) is 12.0 Å². The standard InChI is InChI=1S/C20H27ClN6O2.HI/c1-22-20(25-13-15-5-3-9-24-19(15)29-12-11-28-2)26-16-7-10-27(14-16)18-17(21)6-4-8-23-18;/h3-6,8-9,16H,7,10-14H2,1-2H3,(H2,22,25,26);1H. The molecule has 1 atom stereocenters. The van der Waals surface area contributed by atoms with Crippen molar-refractivity contribution < 1.29 is 9.47 Å². The van der Waals surface area contributed by atoms with Crippen LogP contribution in [0.2, 0.25) is 5.02 Å². The van der Waals surface area contributed by atoms with E-state index in [1.54, 1.807) is 26.6 Å². The summed E-state index contributed by atoms with van der Waals surface area (Å²) < 4.78 is 10.7. The largest absolute Gasteiger partial charge is 0.475 e. The van der Waals surface area contributed by atoms with Gasteiger partial charge in [-0.15, -0.1) is 24.0 Å². The van der Waals surface area contributed by atoms with Gasteiger partial charge in [-0.2, -0.15) is 0 Å². The predicted molar refractivity (Wildman–Crippen MR) is 130 cm³/mol. The van der Waals surface area contributed by atoms with Crippen molar-refractivity contribution in [3.63, 3.8) is 0 Å². The van der Waals surface area contributed by atoms with E-state index in [2.05, 4.69) is 30.5 Å². The van der Waals surface area contributed by atoms with Crippen LogP contribution in [0.4, 0.5) is 5.82 Å². The summed E-state index contributed by atoms with van der Waals surface area (Å²) in [5.41, 5.74) is 0.958. The number of aromatic nitrogens is 2. The summed E-state index contributed by atoms with van der Waals surface area (Å²) in [6.07, 6.45) is 4.46. The van der Waals surface area contributed by atoms with Crippen molar-refractivity contribution >= 4 is 47.4 Å². The fraction of sp³-hybridized carbons (Fsp3) is 0.450. The zero-order valence-corrected chi connectivity index (χ0v) is 20.3. The molecule has 3 rings (SSSR count). The molecule has 1 aliphatic heterocycles. The number of guanidine groups is 1. The first-order valence-corrected chi connectivity index (χ1v) is 9.97. The second kappa shape index (κ2) is 12.8. The topological polar surface area (TPSA) is 83.9 Å². The van der Waals surface area contributed by atoms with Crippen LogP contribution in [-0.4, -0.2) is 62.4 Å².